The van der Waals surface area contributed by atoms with Gasteiger partial charge in [0.2, 0.25) is 5.91 Å². The van der Waals surface area contributed by atoms with Gasteiger partial charge in [0.15, 0.2) is 0 Å². The fourth-order valence-corrected chi connectivity index (χ4v) is 3.90. The molecule has 2 aliphatic rings. The van der Waals surface area contributed by atoms with Gasteiger partial charge in [0.05, 0.1) is 5.92 Å². The van der Waals surface area contributed by atoms with Crippen molar-refractivity contribution < 1.29 is 4.79 Å². The van der Waals surface area contributed by atoms with Crippen LogP contribution in [0.4, 0.5) is 0 Å². The van der Waals surface area contributed by atoms with Crippen LogP contribution in [-0.4, -0.2) is 23.4 Å². The first kappa shape index (κ1) is 19.5. The molecular weight excluding hydrogens is 354 g/mol. The molecule has 0 radical (unpaired) electrons. The van der Waals surface area contributed by atoms with Crippen LogP contribution < -0.4 is 0 Å². The summed E-state index contributed by atoms with van der Waals surface area (Å²) in [6, 6.07) is 7.55. The Labute approximate surface area is 167 Å². The first-order valence-corrected chi connectivity index (χ1v) is 9.79. The fraction of sp³-hybridized carbons (Fsp3) is 0.375. The first-order chi connectivity index (χ1) is 12.8. The fourth-order valence-electron chi connectivity index (χ4n) is 3.71. The van der Waals surface area contributed by atoms with Crippen LogP contribution in [0.1, 0.15) is 39.2 Å². The van der Waals surface area contributed by atoms with E-state index in [2.05, 4.69) is 50.8 Å². The maximum Gasteiger partial charge on any atom is 0.230 e. The Morgan fingerprint density at radius 1 is 1.22 bits per heavy atom. The van der Waals surface area contributed by atoms with E-state index in [4.69, 9.17) is 11.6 Å². The number of amides is 1. The summed E-state index contributed by atoms with van der Waals surface area (Å²) in [6.45, 7) is 6.47. The Hall–Kier alpha value is -2.24. The lowest BCUT2D eigenvalue weighted by Crippen LogP contribution is -2.37. The quantitative estimate of drug-likeness (QED) is 0.598. The minimum Gasteiger partial charge on any atom is -0.340 e. The third-order valence-corrected chi connectivity index (χ3v) is 5.87. The van der Waals surface area contributed by atoms with Gasteiger partial charge in [0, 0.05) is 28.7 Å². The van der Waals surface area contributed by atoms with E-state index in [0.717, 1.165) is 24.0 Å². The Balaban J connectivity index is 1.90. The summed E-state index contributed by atoms with van der Waals surface area (Å²) in [4.78, 5) is 14.7. The Bertz CT molecular complexity index is 894. The lowest BCUT2D eigenvalue weighted by Gasteiger charge is -2.26. The molecule has 1 aliphatic heterocycles. The predicted octanol–water partition coefficient (Wildman–Crippen LogP) is 5.40. The predicted molar refractivity (Wildman–Crippen MR) is 112 cm³/mol. The summed E-state index contributed by atoms with van der Waals surface area (Å²) >= 11 is 6.03. The number of hydrogen-bond acceptors (Lipinski definition) is 1. The summed E-state index contributed by atoms with van der Waals surface area (Å²) in [5, 5.41) is 0.687. The molecule has 3 rings (SSSR count). The zero-order chi connectivity index (χ0) is 19.6. The average Bonchev–Trinajstić information content (AvgIpc) is 2.80. The van der Waals surface area contributed by atoms with Gasteiger partial charge in [-0.25, -0.2) is 0 Å². The molecule has 0 bridgehead atoms. The van der Waals surface area contributed by atoms with Crippen LogP contribution in [0.15, 0.2) is 59.7 Å². The van der Waals surface area contributed by atoms with Crippen molar-refractivity contribution in [3.05, 3.63) is 70.3 Å². The van der Waals surface area contributed by atoms with Crippen molar-refractivity contribution in [2.75, 3.05) is 7.05 Å². The topological polar surface area (TPSA) is 20.3 Å². The summed E-state index contributed by atoms with van der Waals surface area (Å²) < 4.78 is 0. The van der Waals surface area contributed by atoms with Crippen molar-refractivity contribution in [3.8, 4) is 11.8 Å². The molecule has 1 aliphatic carbocycles. The zero-order valence-corrected chi connectivity index (χ0v) is 17.2. The summed E-state index contributed by atoms with van der Waals surface area (Å²) in [5.74, 6) is 6.92. The van der Waals surface area contributed by atoms with Crippen LogP contribution in [0.25, 0.3) is 0 Å². The average molecular weight is 380 g/mol. The second-order valence-electron chi connectivity index (χ2n) is 8.05. The van der Waals surface area contributed by atoms with E-state index in [-0.39, 0.29) is 17.4 Å². The van der Waals surface area contributed by atoms with Crippen molar-refractivity contribution in [3.63, 3.8) is 0 Å². The van der Waals surface area contributed by atoms with Gasteiger partial charge in [0.1, 0.15) is 0 Å². The molecule has 0 spiro atoms. The first-order valence-electron chi connectivity index (χ1n) is 9.41. The highest BCUT2D eigenvalue weighted by atomic mass is 35.5. The lowest BCUT2D eigenvalue weighted by molar-refractivity contribution is -0.131. The third kappa shape index (κ3) is 4.37. The molecule has 0 aromatic heterocycles. The molecule has 2 nitrogen and oxygen atoms in total. The molecule has 27 heavy (non-hydrogen) atoms. The largest absolute Gasteiger partial charge is 0.340 e. The maximum absolute atomic E-state index is 12.8. The monoisotopic (exact) mass is 379 g/mol. The lowest BCUT2D eigenvalue weighted by atomic mass is 9.82. The van der Waals surface area contributed by atoms with Crippen molar-refractivity contribution in [1.82, 2.24) is 4.90 Å². The molecule has 140 valence electrons. The molecule has 0 N–H and O–H groups in total. The number of likely N-dealkylation sites (tertiary alicyclic amines) is 1. The van der Waals surface area contributed by atoms with Crippen molar-refractivity contribution in [1.29, 1.82) is 0 Å². The zero-order valence-electron chi connectivity index (χ0n) is 16.4. The second-order valence-corrected chi connectivity index (χ2v) is 8.49. The van der Waals surface area contributed by atoms with E-state index < -0.39 is 0 Å². The molecule has 2 unspecified atom stereocenters. The van der Waals surface area contributed by atoms with Crippen LogP contribution in [0.3, 0.4) is 0 Å². The van der Waals surface area contributed by atoms with Gasteiger partial charge >= 0.3 is 0 Å². The molecule has 1 saturated heterocycles. The molecule has 3 heteroatoms. The van der Waals surface area contributed by atoms with Gasteiger partial charge in [0.25, 0.3) is 0 Å². The smallest absolute Gasteiger partial charge is 0.230 e. The molecule has 0 saturated carbocycles. The molecule has 2 atom stereocenters. The van der Waals surface area contributed by atoms with Gasteiger partial charge in [-0.2, -0.15) is 0 Å². The van der Waals surface area contributed by atoms with E-state index in [1.165, 1.54) is 5.57 Å². The van der Waals surface area contributed by atoms with Gasteiger partial charge in [-0.05, 0) is 56.9 Å². The van der Waals surface area contributed by atoms with Crippen LogP contribution in [0.2, 0.25) is 5.02 Å². The van der Waals surface area contributed by atoms with Gasteiger partial charge in [-0.15, -0.1) is 0 Å². The van der Waals surface area contributed by atoms with E-state index in [1.807, 2.05) is 42.3 Å². The Morgan fingerprint density at radius 3 is 2.67 bits per heavy atom. The van der Waals surface area contributed by atoms with E-state index in [0.29, 0.717) is 10.9 Å². The number of hydrogen-bond donors (Lipinski definition) is 0. The highest BCUT2D eigenvalue weighted by Crippen LogP contribution is 2.40. The van der Waals surface area contributed by atoms with Gasteiger partial charge < -0.3 is 4.90 Å². The number of allylic oxidation sites excluding steroid dienone is 5. The number of carbonyl (C=O) groups is 1. The molecule has 1 amide bonds. The summed E-state index contributed by atoms with van der Waals surface area (Å²) in [6.07, 6.45) is 10.2. The van der Waals surface area contributed by atoms with Crippen molar-refractivity contribution in [2.24, 2.45) is 11.8 Å². The number of carbonyl (C=O) groups excluding carboxylic acids is 1. The number of benzene rings is 1. The SMILES string of the molecule is CC1CC=CC(C#Cc2cccc(Cl)c2)=CC=C1C1CC(C)(C)N(C)C1=O. The minimum absolute atomic E-state index is 0.0371. The molecule has 1 heterocycles. The normalized spacial score (nSPS) is 24.5. The molecule has 1 aromatic carbocycles. The van der Waals surface area contributed by atoms with Gasteiger partial charge in [-0.1, -0.05) is 60.2 Å². The summed E-state index contributed by atoms with van der Waals surface area (Å²) in [7, 11) is 1.91. The second kappa shape index (κ2) is 7.79. The van der Waals surface area contributed by atoms with Crippen LogP contribution in [0.5, 0.6) is 0 Å². The van der Waals surface area contributed by atoms with Crippen molar-refractivity contribution >= 4 is 17.5 Å². The Morgan fingerprint density at radius 2 is 2.00 bits per heavy atom. The van der Waals surface area contributed by atoms with Gasteiger partial charge in [-0.3, -0.25) is 4.79 Å². The summed E-state index contributed by atoms with van der Waals surface area (Å²) in [5.41, 5.74) is 2.95. The molecule has 1 fully saturated rings. The van der Waals surface area contributed by atoms with Crippen LogP contribution in [-0.2, 0) is 4.79 Å². The number of nitrogens with zero attached hydrogens (tertiary/aromatic N) is 1. The molecule has 1 aromatic rings. The number of rotatable bonds is 1. The minimum atomic E-state index is -0.0978. The van der Waals surface area contributed by atoms with Crippen LogP contribution in [0, 0.1) is 23.7 Å². The maximum atomic E-state index is 12.8. The van der Waals surface area contributed by atoms with E-state index >= 15 is 0 Å². The van der Waals surface area contributed by atoms with Crippen molar-refractivity contribution in [2.45, 2.75) is 39.2 Å². The Kier molecular flexibility index (Phi) is 5.63. The van der Waals surface area contributed by atoms with Crippen LogP contribution >= 0.6 is 11.6 Å². The van der Waals surface area contributed by atoms with E-state index in [9.17, 15) is 4.79 Å². The highest BCUT2D eigenvalue weighted by molar-refractivity contribution is 6.30. The number of halogens is 1. The molecular formula is C24H26ClNO. The van der Waals surface area contributed by atoms with E-state index in [1.54, 1.807) is 0 Å². The standard InChI is InChI=1S/C24H26ClNO/c1-17-7-5-8-18(11-12-19-9-6-10-20(25)15-19)13-14-21(17)22-16-24(2,3)26(4)23(22)27/h5-6,8-10,13-15,17,22H,7,16H2,1-4H3. The highest BCUT2D eigenvalue weighted by Gasteiger charge is 2.44. The third-order valence-electron chi connectivity index (χ3n) is 5.63.